The summed E-state index contributed by atoms with van der Waals surface area (Å²) in [5.41, 5.74) is 6.34. The van der Waals surface area contributed by atoms with Crippen LogP contribution in [0.5, 0.6) is 0 Å². The maximum absolute atomic E-state index is 5.53. The quantitative estimate of drug-likeness (QED) is 0.552. The van der Waals surface area contributed by atoms with Crippen molar-refractivity contribution in [2.75, 3.05) is 26.2 Å². The summed E-state index contributed by atoms with van der Waals surface area (Å²) in [5, 5.41) is 0. The maximum Gasteiger partial charge on any atom is 0.112 e. The summed E-state index contributed by atoms with van der Waals surface area (Å²) in [6, 6.07) is 0. The summed E-state index contributed by atoms with van der Waals surface area (Å²) >= 11 is 0. The van der Waals surface area contributed by atoms with Gasteiger partial charge in [0, 0.05) is 6.54 Å². The Hall–Kier alpha value is -1.22. The molecule has 0 amide bonds. The summed E-state index contributed by atoms with van der Waals surface area (Å²) < 4.78 is 5.53. The molecule has 1 heterocycles. The van der Waals surface area contributed by atoms with Gasteiger partial charge in [-0.15, -0.1) is 0 Å². The molecule has 1 aliphatic heterocycles. The normalized spacial score (nSPS) is 18.2. The van der Waals surface area contributed by atoms with Crippen molar-refractivity contribution in [3.63, 3.8) is 0 Å². The molecule has 0 unspecified atom stereocenters. The van der Waals surface area contributed by atoms with Crippen LogP contribution < -0.4 is 5.73 Å². The molecule has 0 aromatic carbocycles. The van der Waals surface area contributed by atoms with E-state index in [0.717, 1.165) is 18.7 Å². The van der Waals surface area contributed by atoms with Gasteiger partial charge in [0.05, 0.1) is 0 Å². The predicted octanol–water partition coefficient (Wildman–Crippen LogP) is 2.03. The van der Waals surface area contributed by atoms with Gasteiger partial charge in [-0.25, -0.2) is 0 Å². The number of hydrogen-bond acceptors (Lipinski definition) is 3. The number of allylic oxidation sites excluding steroid dienone is 3. The van der Waals surface area contributed by atoms with E-state index in [9.17, 15) is 0 Å². The van der Waals surface area contributed by atoms with E-state index in [-0.39, 0.29) is 0 Å². The Bertz CT molecular complexity index is 276. The van der Waals surface area contributed by atoms with E-state index < -0.39 is 0 Å². The topological polar surface area (TPSA) is 38.5 Å². The first-order chi connectivity index (χ1) is 7.72. The summed E-state index contributed by atoms with van der Waals surface area (Å²) in [7, 11) is 0. The van der Waals surface area contributed by atoms with Crippen LogP contribution in [0.15, 0.2) is 36.3 Å². The van der Waals surface area contributed by atoms with Gasteiger partial charge in [0.2, 0.25) is 0 Å². The van der Waals surface area contributed by atoms with E-state index in [0.29, 0.717) is 5.76 Å². The Morgan fingerprint density at radius 1 is 1.44 bits per heavy atom. The second-order valence-electron chi connectivity index (χ2n) is 4.11. The lowest BCUT2D eigenvalue weighted by Gasteiger charge is -2.14. The van der Waals surface area contributed by atoms with Crippen molar-refractivity contribution < 1.29 is 4.74 Å². The highest BCUT2D eigenvalue weighted by Gasteiger charge is 2.10. The molecule has 0 radical (unpaired) electrons. The highest BCUT2D eigenvalue weighted by molar-refractivity contribution is 5.23. The van der Waals surface area contributed by atoms with Gasteiger partial charge in [0.1, 0.15) is 12.4 Å². The fourth-order valence-electron chi connectivity index (χ4n) is 1.81. The molecule has 1 rings (SSSR count). The fraction of sp³-hybridized carbons (Fsp3) is 0.538. The molecule has 1 aliphatic rings. The first-order valence-electron chi connectivity index (χ1n) is 5.83. The summed E-state index contributed by atoms with van der Waals surface area (Å²) in [4.78, 5) is 2.42. The number of nitrogens with zero attached hydrogens (tertiary/aromatic N) is 1. The molecule has 2 N–H and O–H groups in total. The SMILES string of the molecule is C=C(/C=C(C)\C=C/N)OCCN1CCCC1. The number of likely N-dealkylation sites (tertiary alicyclic amines) is 1. The van der Waals surface area contributed by atoms with Crippen LogP contribution in [-0.2, 0) is 4.74 Å². The lowest BCUT2D eigenvalue weighted by molar-refractivity contribution is 0.181. The maximum atomic E-state index is 5.53. The van der Waals surface area contributed by atoms with Gasteiger partial charge < -0.3 is 10.5 Å². The Kier molecular flexibility index (Phi) is 5.72. The van der Waals surface area contributed by atoms with Crippen LogP contribution in [0.2, 0.25) is 0 Å². The highest BCUT2D eigenvalue weighted by Crippen LogP contribution is 2.07. The standard InChI is InChI=1S/C13H22N2O/c1-12(5-6-14)11-13(2)16-10-9-15-7-3-4-8-15/h5-6,11H,2-4,7-10,14H2,1H3/b6-5-,12-11-. The molecule has 0 saturated carbocycles. The van der Waals surface area contributed by atoms with Crippen LogP contribution >= 0.6 is 0 Å². The van der Waals surface area contributed by atoms with Crippen molar-refractivity contribution in [1.29, 1.82) is 0 Å². The monoisotopic (exact) mass is 222 g/mol. The second-order valence-corrected chi connectivity index (χ2v) is 4.11. The third-order valence-corrected chi connectivity index (χ3v) is 2.64. The van der Waals surface area contributed by atoms with Crippen LogP contribution in [0, 0.1) is 0 Å². The smallest absolute Gasteiger partial charge is 0.112 e. The van der Waals surface area contributed by atoms with Crippen LogP contribution in [-0.4, -0.2) is 31.1 Å². The molecule has 0 bridgehead atoms. The summed E-state index contributed by atoms with van der Waals surface area (Å²) in [5.74, 6) is 0.704. The minimum Gasteiger partial charge on any atom is -0.493 e. The van der Waals surface area contributed by atoms with Crippen LogP contribution in [0.3, 0.4) is 0 Å². The molecular weight excluding hydrogens is 200 g/mol. The van der Waals surface area contributed by atoms with Crippen LogP contribution in [0.1, 0.15) is 19.8 Å². The van der Waals surface area contributed by atoms with Crippen molar-refractivity contribution in [2.24, 2.45) is 5.73 Å². The van der Waals surface area contributed by atoms with Gasteiger partial charge in [0.15, 0.2) is 0 Å². The van der Waals surface area contributed by atoms with Gasteiger partial charge in [-0.1, -0.05) is 6.58 Å². The molecule has 0 aliphatic carbocycles. The van der Waals surface area contributed by atoms with Gasteiger partial charge in [-0.2, -0.15) is 0 Å². The molecule has 0 atom stereocenters. The molecule has 0 aromatic rings. The third-order valence-electron chi connectivity index (χ3n) is 2.64. The zero-order chi connectivity index (χ0) is 11.8. The van der Waals surface area contributed by atoms with E-state index in [1.54, 1.807) is 0 Å². The Balaban J connectivity index is 2.16. The molecule has 0 spiro atoms. The number of ether oxygens (including phenoxy) is 1. The second kappa shape index (κ2) is 7.12. The van der Waals surface area contributed by atoms with Crippen molar-refractivity contribution in [2.45, 2.75) is 19.8 Å². The Morgan fingerprint density at radius 3 is 2.75 bits per heavy atom. The number of nitrogens with two attached hydrogens (primary N) is 1. The predicted molar refractivity (Wildman–Crippen MR) is 67.9 cm³/mol. The summed E-state index contributed by atoms with van der Waals surface area (Å²) in [6.45, 7) is 9.95. The van der Waals surface area contributed by atoms with E-state index in [2.05, 4.69) is 11.5 Å². The zero-order valence-corrected chi connectivity index (χ0v) is 10.1. The average Bonchev–Trinajstić information content (AvgIpc) is 2.70. The van der Waals surface area contributed by atoms with Crippen LogP contribution in [0.25, 0.3) is 0 Å². The minimum atomic E-state index is 0.704. The van der Waals surface area contributed by atoms with Crippen molar-refractivity contribution in [1.82, 2.24) is 4.90 Å². The largest absolute Gasteiger partial charge is 0.493 e. The van der Waals surface area contributed by atoms with E-state index >= 15 is 0 Å². The molecular formula is C13H22N2O. The number of rotatable bonds is 6. The lowest BCUT2D eigenvalue weighted by atomic mass is 10.2. The first kappa shape index (κ1) is 12.8. The van der Waals surface area contributed by atoms with Gasteiger partial charge in [-0.3, -0.25) is 4.90 Å². The van der Waals surface area contributed by atoms with Gasteiger partial charge in [-0.05, 0) is 56.8 Å². The first-order valence-corrected chi connectivity index (χ1v) is 5.83. The minimum absolute atomic E-state index is 0.704. The average molecular weight is 222 g/mol. The highest BCUT2D eigenvalue weighted by atomic mass is 16.5. The van der Waals surface area contributed by atoms with E-state index in [1.165, 1.54) is 32.1 Å². The fourth-order valence-corrected chi connectivity index (χ4v) is 1.81. The van der Waals surface area contributed by atoms with E-state index in [4.69, 9.17) is 10.5 Å². The van der Waals surface area contributed by atoms with Crippen molar-refractivity contribution >= 4 is 0 Å². The van der Waals surface area contributed by atoms with Gasteiger partial charge in [0.25, 0.3) is 0 Å². The molecule has 16 heavy (non-hydrogen) atoms. The lowest BCUT2D eigenvalue weighted by Crippen LogP contribution is -2.23. The van der Waals surface area contributed by atoms with Crippen molar-refractivity contribution in [3.8, 4) is 0 Å². The molecule has 0 aromatic heterocycles. The zero-order valence-electron chi connectivity index (χ0n) is 10.1. The number of hydrogen-bond donors (Lipinski definition) is 1. The molecule has 90 valence electrons. The Morgan fingerprint density at radius 2 is 2.12 bits per heavy atom. The van der Waals surface area contributed by atoms with Gasteiger partial charge >= 0.3 is 0 Å². The van der Waals surface area contributed by atoms with E-state index in [1.807, 2.05) is 19.1 Å². The third kappa shape index (κ3) is 5.03. The summed E-state index contributed by atoms with van der Waals surface area (Å²) in [6.07, 6.45) is 7.88. The molecule has 1 fully saturated rings. The Labute approximate surface area is 98.3 Å². The molecule has 3 heteroatoms. The molecule has 1 saturated heterocycles. The van der Waals surface area contributed by atoms with Crippen molar-refractivity contribution in [3.05, 3.63) is 36.3 Å². The molecule has 3 nitrogen and oxygen atoms in total. The van der Waals surface area contributed by atoms with Crippen LogP contribution in [0.4, 0.5) is 0 Å².